The molecule has 0 spiro atoms. The topological polar surface area (TPSA) is 40.5 Å². The van der Waals surface area contributed by atoms with Gasteiger partial charge in [-0.3, -0.25) is 0 Å². The van der Waals surface area contributed by atoms with Gasteiger partial charge in [-0.15, -0.1) is 0 Å². The van der Waals surface area contributed by atoms with E-state index in [-0.39, 0.29) is 0 Å². The van der Waals surface area contributed by atoms with Crippen LogP contribution < -0.4 is 0 Å². The first-order valence-electron chi connectivity index (χ1n) is 4.43. The van der Waals surface area contributed by atoms with Crippen LogP contribution in [-0.2, 0) is 0 Å². The Morgan fingerprint density at radius 1 is 1.33 bits per heavy atom. The van der Waals surface area contributed by atoms with Gasteiger partial charge in [-0.2, -0.15) is 0 Å². The van der Waals surface area contributed by atoms with Gasteiger partial charge in [-0.25, -0.2) is 0 Å². The number of halogens is 3. The lowest BCUT2D eigenvalue weighted by Crippen LogP contribution is -2.18. The second-order valence-electron chi connectivity index (χ2n) is 3.16. The third kappa shape index (κ3) is 3.71. The summed E-state index contributed by atoms with van der Waals surface area (Å²) in [4.78, 5) is 0. The maximum absolute atomic E-state index is 9.85. The molecular weight excluding hydrogens is 347 g/mol. The molecule has 0 heterocycles. The molecule has 15 heavy (non-hydrogen) atoms. The van der Waals surface area contributed by atoms with Crippen LogP contribution in [-0.4, -0.2) is 21.6 Å². The molecule has 2 unspecified atom stereocenters. The number of hydrogen-bond acceptors (Lipinski definition) is 2. The Hall–Kier alpha value is 0.390. The summed E-state index contributed by atoms with van der Waals surface area (Å²) in [5, 5.41) is 20.6. The van der Waals surface area contributed by atoms with E-state index in [2.05, 4.69) is 31.9 Å². The molecule has 0 aliphatic heterocycles. The molecule has 2 atom stereocenters. The van der Waals surface area contributed by atoms with Crippen molar-refractivity contribution >= 4 is 43.5 Å². The van der Waals surface area contributed by atoms with E-state index in [0.29, 0.717) is 22.3 Å². The molecule has 0 aromatic heterocycles. The van der Waals surface area contributed by atoms with E-state index < -0.39 is 12.2 Å². The second-order valence-corrected chi connectivity index (χ2v) is 5.27. The Bertz CT molecular complexity index is 333. The van der Waals surface area contributed by atoms with Crippen LogP contribution in [0.3, 0.4) is 0 Å². The van der Waals surface area contributed by atoms with E-state index in [9.17, 15) is 10.2 Å². The highest BCUT2D eigenvalue weighted by molar-refractivity contribution is 9.10. The fourth-order valence-electron chi connectivity index (χ4n) is 1.22. The largest absolute Gasteiger partial charge is 0.390 e. The average Bonchev–Trinajstić information content (AvgIpc) is 2.21. The molecule has 0 amide bonds. The van der Waals surface area contributed by atoms with Crippen molar-refractivity contribution in [2.45, 2.75) is 18.6 Å². The van der Waals surface area contributed by atoms with Crippen molar-refractivity contribution < 1.29 is 10.2 Å². The highest BCUT2D eigenvalue weighted by Crippen LogP contribution is 2.29. The molecule has 1 aromatic rings. The molecule has 0 aliphatic rings. The molecule has 1 rings (SSSR count). The predicted octanol–water partition coefficient (Wildman–Crippen LogP) is 3.28. The first-order chi connectivity index (χ1) is 7.06. The van der Waals surface area contributed by atoms with Crippen LogP contribution >= 0.6 is 43.5 Å². The van der Waals surface area contributed by atoms with Crippen molar-refractivity contribution in [2.75, 3.05) is 5.33 Å². The number of hydrogen-bond donors (Lipinski definition) is 2. The molecule has 0 saturated heterocycles. The standard InChI is InChI=1S/C10H11Br2ClO2/c11-4-3-9(14)10(15)7-5-6(12)1-2-8(7)13/h1-2,5,9-10,14-15H,3-4H2. The van der Waals surface area contributed by atoms with Crippen molar-refractivity contribution in [1.29, 1.82) is 0 Å². The van der Waals surface area contributed by atoms with E-state index in [1.807, 2.05) is 0 Å². The lowest BCUT2D eigenvalue weighted by molar-refractivity contribution is 0.0174. The molecule has 0 bridgehead atoms. The summed E-state index contributed by atoms with van der Waals surface area (Å²) >= 11 is 12.4. The highest BCUT2D eigenvalue weighted by atomic mass is 79.9. The third-order valence-corrected chi connectivity index (χ3v) is 3.34. The fourth-order valence-corrected chi connectivity index (χ4v) is 2.30. The minimum absolute atomic E-state index is 0.458. The maximum atomic E-state index is 9.85. The Morgan fingerprint density at radius 2 is 2.00 bits per heavy atom. The van der Waals surface area contributed by atoms with Gasteiger partial charge in [0.05, 0.1) is 6.10 Å². The summed E-state index contributed by atoms with van der Waals surface area (Å²) in [6, 6.07) is 5.19. The number of rotatable bonds is 4. The monoisotopic (exact) mass is 356 g/mol. The highest BCUT2D eigenvalue weighted by Gasteiger charge is 2.20. The molecule has 84 valence electrons. The normalized spacial score (nSPS) is 15.0. The SMILES string of the molecule is OC(CCBr)C(O)c1cc(Br)ccc1Cl. The Balaban J connectivity index is 2.89. The molecule has 5 heteroatoms. The summed E-state index contributed by atoms with van der Waals surface area (Å²) in [5.74, 6) is 0. The van der Waals surface area contributed by atoms with E-state index in [0.717, 1.165) is 4.47 Å². The van der Waals surface area contributed by atoms with Crippen LogP contribution in [0.15, 0.2) is 22.7 Å². The van der Waals surface area contributed by atoms with Gasteiger partial charge in [-0.1, -0.05) is 43.5 Å². The van der Waals surface area contributed by atoms with Gasteiger partial charge in [0, 0.05) is 20.4 Å². The summed E-state index contributed by atoms with van der Waals surface area (Å²) in [7, 11) is 0. The van der Waals surface area contributed by atoms with Crippen molar-refractivity contribution in [3.8, 4) is 0 Å². The fraction of sp³-hybridized carbons (Fsp3) is 0.400. The van der Waals surface area contributed by atoms with Crippen LogP contribution in [0.5, 0.6) is 0 Å². The number of alkyl halides is 1. The lowest BCUT2D eigenvalue weighted by Gasteiger charge is -2.18. The van der Waals surface area contributed by atoms with E-state index >= 15 is 0 Å². The van der Waals surface area contributed by atoms with Gasteiger partial charge >= 0.3 is 0 Å². The molecule has 0 fully saturated rings. The zero-order valence-electron chi connectivity index (χ0n) is 7.83. The van der Waals surface area contributed by atoms with Gasteiger partial charge in [0.1, 0.15) is 6.10 Å². The summed E-state index contributed by atoms with van der Waals surface area (Å²) in [6.45, 7) is 0. The smallest absolute Gasteiger partial charge is 0.106 e. The molecule has 0 saturated carbocycles. The Kier molecular flexibility index (Phi) is 5.57. The van der Waals surface area contributed by atoms with Gasteiger partial charge in [-0.05, 0) is 24.6 Å². The summed E-state index contributed by atoms with van der Waals surface area (Å²) in [6.07, 6.45) is -1.28. The number of aliphatic hydroxyl groups excluding tert-OH is 2. The first kappa shape index (κ1) is 13.5. The Labute approximate surface area is 111 Å². The van der Waals surface area contributed by atoms with Crippen molar-refractivity contribution in [2.24, 2.45) is 0 Å². The maximum Gasteiger partial charge on any atom is 0.106 e. The zero-order chi connectivity index (χ0) is 11.4. The third-order valence-electron chi connectivity index (χ3n) is 2.05. The van der Waals surface area contributed by atoms with Crippen molar-refractivity contribution in [1.82, 2.24) is 0 Å². The van der Waals surface area contributed by atoms with Crippen LogP contribution in [0.1, 0.15) is 18.1 Å². The molecule has 2 N–H and O–H groups in total. The average molecular weight is 358 g/mol. The second kappa shape index (κ2) is 6.21. The van der Waals surface area contributed by atoms with Crippen LogP contribution in [0, 0.1) is 0 Å². The quantitative estimate of drug-likeness (QED) is 0.811. The van der Waals surface area contributed by atoms with Crippen molar-refractivity contribution in [3.63, 3.8) is 0 Å². The predicted molar refractivity (Wildman–Crippen MR) is 68.5 cm³/mol. The van der Waals surface area contributed by atoms with Gasteiger partial charge < -0.3 is 10.2 Å². The molecule has 2 nitrogen and oxygen atoms in total. The molecule has 0 radical (unpaired) electrons. The zero-order valence-corrected chi connectivity index (χ0v) is 11.8. The molecule has 1 aromatic carbocycles. The van der Waals surface area contributed by atoms with Crippen LogP contribution in [0.25, 0.3) is 0 Å². The first-order valence-corrected chi connectivity index (χ1v) is 6.72. The van der Waals surface area contributed by atoms with E-state index in [1.54, 1.807) is 18.2 Å². The van der Waals surface area contributed by atoms with Gasteiger partial charge in [0.2, 0.25) is 0 Å². The van der Waals surface area contributed by atoms with Gasteiger partial charge in [0.25, 0.3) is 0 Å². The minimum atomic E-state index is -0.951. The number of benzene rings is 1. The molecule has 0 aliphatic carbocycles. The summed E-state index contributed by atoms with van der Waals surface area (Å²) < 4.78 is 0.826. The minimum Gasteiger partial charge on any atom is -0.390 e. The van der Waals surface area contributed by atoms with Crippen LogP contribution in [0.2, 0.25) is 5.02 Å². The van der Waals surface area contributed by atoms with Crippen molar-refractivity contribution in [3.05, 3.63) is 33.3 Å². The van der Waals surface area contributed by atoms with Crippen LogP contribution in [0.4, 0.5) is 0 Å². The molecular formula is C10H11Br2ClO2. The Morgan fingerprint density at radius 3 is 2.60 bits per heavy atom. The number of aliphatic hydroxyl groups is 2. The lowest BCUT2D eigenvalue weighted by atomic mass is 10.0. The van der Waals surface area contributed by atoms with E-state index in [4.69, 9.17) is 11.6 Å². The van der Waals surface area contributed by atoms with E-state index in [1.165, 1.54) is 0 Å². The van der Waals surface area contributed by atoms with Gasteiger partial charge in [0.15, 0.2) is 0 Å². The summed E-state index contributed by atoms with van der Waals surface area (Å²) in [5.41, 5.74) is 0.541.